The zero-order valence-corrected chi connectivity index (χ0v) is 16.6. The van der Waals surface area contributed by atoms with E-state index in [-0.39, 0.29) is 6.61 Å². The molecule has 3 nitrogen and oxygen atoms in total. The van der Waals surface area contributed by atoms with Crippen LogP contribution in [0.2, 0.25) is 15.1 Å². The monoisotopic (exact) mass is 401 g/mol. The van der Waals surface area contributed by atoms with Crippen molar-refractivity contribution in [1.82, 2.24) is 5.32 Å². The van der Waals surface area contributed by atoms with Crippen LogP contribution in [0, 0.1) is 0 Å². The Morgan fingerprint density at radius 2 is 1.76 bits per heavy atom. The average molecular weight is 403 g/mol. The van der Waals surface area contributed by atoms with E-state index in [4.69, 9.17) is 44.3 Å². The smallest absolute Gasteiger partial charge is 0.180 e. The first-order valence-electron chi connectivity index (χ1n) is 8.27. The Kier molecular flexibility index (Phi) is 8.17. The first-order chi connectivity index (χ1) is 12.0. The normalized spacial score (nSPS) is 10.8. The van der Waals surface area contributed by atoms with E-state index in [0.717, 1.165) is 30.6 Å². The maximum atomic E-state index is 6.43. The van der Waals surface area contributed by atoms with Crippen molar-refractivity contribution >= 4 is 34.8 Å². The zero-order valence-electron chi connectivity index (χ0n) is 14.4. The summed E-state index contributed by atoms with van der Waals surface area (Å²) in [5.74, 6) is 1.15. The van der Waals surface area contributed by atoms with Gasteiger partial charge >= 0.3 is 0 Å². The van der Waals surface area contributed by atoms with Gasteiger partial charge in [-0.25, -0.2) is 0 Å². The van der Waals surface area contributed by atoms with Crippen molar-refractivity contribution in [2.45, 2.75) is 33.4 Å². The molecule has 2 rings (SSSR count). The van der Waals surface area contributed by atoms with Crippen LogP contribution in [0.25, 0.3) is 0 Å². The average Bonchev–Trinajstić information content (AvgIpc) is 2.56. The Labute approximate surface area is 164 Å². The molecule has 0 heterocycles. The second kappa shape index (κ2) is 10.1. The highest BCUT2D eigenvalue weighted by Crippen LogP contribution is 2.37. The van der Waals surface area contributed by atoms with Crippen LogP contribution in [-0.4, -0.2) is 13.2 Å². The molecule has 2 aromatic rings. The van der Waals surface area contributed by atoms with Crippen LogP contribution in [0.3, 0.4) is 0 Å². The number of hydrogen-bond acceptors (Lipinski definition) is 3. The van der Waals surface area contributed by atoms with Gasteiger partial charge in [-0.2, -0.15) is 0 Å². The second-order valence-electron chi connectivity index (χ2n) is 5.54. The van der Waals surface area contributed by atoms with Crippen LogP contribution < -0.4 is 14.8 Å². The maximum Gasteiger partial charge on any atom is 0.180 e. The third-order valence-corrected chi connectivity index (χ3v) is 4.38. The van der Waals surface area contributed by atoms with Crippen molar-refractivity contribution in [2.75, 3.05) is 13.2 Å². The number of benzene rings is 2. The van der Waals surface area contributed by atoms with Gasteiger partial charge in [0.15, 0.2) is 11.5 Å². The molecule has 0 spiro atoms. The Hall–Kier alpha value is -1.13. The van der Waals surface area contributed by atoms with E-state index in [2.05, 4.69) is 12.2 Å². The van der Waals surface area contributed by atoms with Gasteiger partial charge in [0, 0.05) is 22.2 Å². The number of ether oxygens (including phenoxy) is 2. The number of halogens is 3. The lowest BCUT2D eigenvalue weighted by molar-refractivity contribution is 0.269. The topological polar surface area (TPSA) is 30.5 Å². The van der Waals surface area contributed by atoms with Gasteiger partial charge in [0.1, 0.15) is 6.61 Å². The lowest BCUT2D eigenvalue weighted by Gasteiger charge is -2.16. The Morgan fingerprint density at radius 1 is 0.960 bits per heavy atom. The van der Waals surface area contributed by atoms with Crippen molar-refractivity contribution in [3.63, 3.8) is 0 Å². The molecule has 0 aliphatic carbocycles. The van der Waals surface area contributed by atoms with Gasteiger partial charge in [0.2, 0.25) is 0 Å². The lowest BCUT2D eigenvalue weighted by atomic mass is 10.2. The van der Waals surface area contributed by atoms with E-state index >= 15 is 0 Å². The molecule has 0 radical (unpaired) electrons. The van der Waals surface area contributed by atoms with Crippen LogP contribution in [0.4, 0.5) is 0 Å². The summed E-state index contributed by atoms with van der Waals surface area (Å²) in [6.07, 6.45) is 1.08. The van der Waals surface area contributed by atoms with Crippen LogP contribution in [0.1, 0.15) is 31.4 Å². The molecule has 0 fully saturated rings. The van der Waals surface area contributed by atoms with Gasteiger partial charge in [0.25, 0.3) is 0 Å². The summed E-state index contributed by atoms with van der Waals surface area (Å²) in [7, 11) is 0. The fourth-order valence-corrected chi connectivity index (χ4v) is 3.08. The van der Waals surface area contributed by atoms with Crippen LogP contribution >= 0.6 is 34.8 Å². The van der Waals surface area contributed by atoms with E-state index in [1.807, 2.05) is 25.1 Å². The molecule has 0 unspecified atom stereocenters. The number of nitrogens with one attached hydrogen (secondary N) is 1. The van der Waals surface area contributed by atoms with Gasteiger partial charge in [-0.15, -0.1) is 0 Å². The van der Waals surface area contributed by atoms with Crippen molar-refractivity contribution in [1.29, 1.82) is 0 Å². The van der Waals surface area contributed by atoms with E-state index in [9.17, 15) is 0 Å². The summed E-state index contributed by atoms with van der Waals surface area (Å²) in [5.41, 5.74) is 1.89. The lowest BCUT2D eigenvalue weighted by Crippen LogP contribution is -2.14. The summed E-state index contributed by atoms with van der Waals surface area (Å²) < 4.78 is 11.6. The summed E-state index contributed by atoms with van der Waals surface area (Å²) in [6, 6.07) is 9.15. The van der Waals surface area contributed by atoms with E-state index < -0.39 is 0 Å². The van der Waals surface area contributed by atoms with Crippen molar-refractivity contribution in [3.8, 4) is 11.5 Å². The van der Waals surface area contributed by atoms with E-state index in [0.29, 0.717) is 33.2 Å². The summed E-state index contributed by atoms with van der Waals surface area (Å²) in [5, 5.41) is 5.02. The molecule has 0 amide bonds. The van der Waals surface area contributed by atoms with E-state index in [1.54, 1.807) is 12.1 Å². The van der Waals surface area contributed by atoms with Gasteiger partial charge in [-0.05, 0) is 49.7 Å². The SMILES string of the molecule is CCCNCc1cc(Cl)c(OCc2ccc(Cl)cc2Cl)c(OCC)c1. The second-order valence-corrected chi connectivity index (χ2v) is 6.79. The molecule has 0 aliphatic rings. The van der Waals surface area contributed by atoms with E-state index in [1.165, 1.54) is 0 Å². The Bertz CT molecular complexity index is 707. The fourth-order valence-electron chi connectivity index (χ4n) is 2.32. The molecular weight excluding hydrogens is 381 g/mol. The zero-order chi connectivity index (χ0) is 18.2. The fraction of sp³-hybridized carbons (Fsp3) is 0.368. The predicted octanol–water partition coefficient (Wildman–Crippen LogP) is 6.12. The molecule has 136 valence electrons. The molecule has 25 heavy (non-hydrogen) atoms. The Balaban J connectivity index is 2.17. The van der Waals surface area contributed by atoms with Gasteiger partial charge in [-0.1, -0.05) is 47.8 Å². The molecule has 6 heteroatoms. The number of rotatable bonds is 9. The third kappa shape index (κ3) is 5.96. The molecule has 0 aliphatic heterocycles. The summed E-state index contributed by atoms with van der Waals surface area (Å²) >= 11 is 18.5. The minimum absolute atomic E-state index is 0.281. The summed E-state index contributed by atoms with van der Waals surface area (Å²) in [4.78, 5) is 0. The van der Waals surface area contributed by atoms with Gasteiger partial charge < -0.3 is 14.8 Å². The van der Waals surface area contributed by atoms with Crippen molar-refractivity contribution < 1.29 is 9.47 Å². The molecule has 0 saturated carbocycles. The Morgan fingerprint density at radius 3 is 2.44 bits per heavy atom. The molecule has 2 aromatic carbocycles. The quantitative estimate of drug-likeness (QED) is 0.512. The largest absolute Gasteiger partial charge is 0.490 e. The molecule has 1 N–H and O–H groups in total. The highest BCUT2D eigenvalue weighted by molar-refractivity contribution is 6.35. The minimum Gasteiger partial charge on any atom is -0.490 e. The van der Waals surface area contributed by atoms with Crippen LogP contribution in [0.5, 0.6) is 11.5 Å². The van der Waals surface area contributed by atoms with Crippen LogP contribution in [-0.2, 0) is 13.2 Å². The predicted molar refractivity (Wildman–Crippen MR) is 105 cm³/mol. The van der Waals surface area contributed by atoms with Crippen LogP contribution in [0.15, 0.2) is 30.3 Å². The maximum absolute atomic E-state index is 6.43. The molecular formula is C19H22Cl3NO2. The first kappa shape index (κ1) is 20.2. The highest BCUT2D eigenvalue weighted by atomic mass is 35.5. The van der Waals surface area contributed by atoms with Crippen molar-refractivity contribution in [3.05, 3.63) is 56.5 Å². The molecule has 0 aromatic heterocycles. The molecule has 0 saturated heterocycles. The number of hydrogen-bond donors (Lipinski definition) is 1. The van der Waals surface area contributed by atoms with Gasteiger partial charge in [-0.3, -0.25) is 0 Å². The summed E-state index contributed by atoms with van der Waals surface area (Å²) in [6.45, 7) is 6.55. The third-order valence-electron chi connectivity index (χ3n) is 3.51. The first-order valence-corrected chi connectivity index (χ1v) is 9.41. The van der Waals surface area contributed by atoms with Gasteiger partial charge in [0.05, 0.1) is 11.6 Å². The molecule has 0 atom stereocenters. The highest BCUT2D eigenvalue weighted by Gasteiger charge is 2.14. The minimum atomic E-state index is 0.281. The molecule has 0 bridgehead atoms. The standard InChI is InChI=1S/C19H22Cl3NO2/c1-3-7-23-11-13-8-17(22)19(18(9-13)24-4-2)25-12-14-5-6-15(20)10-16(14)21/h5-6,8-10,23H,3-4,7,11-12H2,1-2H3. The van der Waals surface area contributed by atoms with Crippen molar-refractivity contribution in [2.24, 2.45) is 0 Å².